The number of phenols is 2. The van der Waals surface area contributed by atoms with Crippen molar-refractivity contribution in [2.45, 2.75) is 71.3 Å². The summed E-state index contributed by atoms with van der Waals surface area (Å²) in [7, 11) is 1.71. The van der Waals surface area contributed by atoms with Crippen molar-refractivity contribution in [1.82, 2.24) is 0 Å². The average Bonchev–Trinajstić information content (AvgIpc) is 2.86. The van der Waals surface area contributed by atoms with Gasteiger partial charge in [-0.3, -0.25) is 4.79 Å². The number of likely N-dealkylation sites (tertiary alicyclic amines) is 1. The van der Waals surface area contributed by atoms with E-state index >= 15 is 0 Å². The summed E-state index contributed by atoms with van der Waals surface area (Å²) in [4.78, 5) is 8.58. The third kappa shape index (κ3) is 17.1. The van der Waals surface area contributed by atoms with E-state index in [2.05, 4.69) is 33.8 Å². The number of carbonyl (C=O) groups is 1. The smallest absolute Gasteiger partial charge is 0.204 e. The van der Waals surface area contributed by atoms with Crippen LogP contribution in [0.4, 0.5) is 0 Å². The van der Waals surface area contributed by atoms with Crippen LogP contribution >= 0.6 is 15.9 Å². The van der Waals surface area contributed by atoms with Gasteiger partial charge in [-0.1, -0.05) is 40.2 Å². The fourth-order valence-corrected chi connectivity index (χ4v) is 4.40. The zero-order valence-corrected chi connectivity index (χ0v) is 25.2. The molecule has 0 aromatic heterocycles. The number of nitrogens with two attached hydrogens (primary N) is 1. The second kappa shape index (κ2) is 19.9. The number of rotatable bonds is 8. The topological polar surface area (TPSA) is 92.8 Å². The molecule has 0 saturated carbocycles. The minimum Gasteiger partial charge on any atom is -0.508 e. The molecule has 0 bridgehead atoms. The van der Waals surface area contributed by atoms with E-state index in [9.17, 15) is 10.2 Å². The van der Waals surface area contributed by atoms with Crippen molar-refractivity contribution in [3.05, 3.63) is 59.7 Å². The van der Waals surface area contributed by atoms with Crippen molar-refractivity contribution < 1.29 is 24.2 Å². The monoisotopic (exact) mass is 581 g/mol. The van der Waals surface area contributed by atoms with Gasteiger partial charge in [0.2, 0.25) is 6.41 Å². The number of halogens is 1. The maximum atomic E-state index is 9.63. The predicted molar refractivity (Wildman–Crippen MR) is 158 cm³/mol. The van der Waals surface area contributed by atoms with Gasteiger partial charge >= 0.3 is 0 Å². The number of phenolic OH excluding ortho intramolecular Hbond substituents is 2. The van der Waals surface area contributed by atoms with Gasteiger partial charge < -0.3 is 25.2 Å². The molecular formula is C30H50BrN2O4+. The van der Waals surface area contributed by atoms with E-state index < -0.39 is 0 Å². The number of alkyl halides is 1. The van der Waals surface area contributed by atoms with Gasteiger partial charge in [-0.15, -0.1) is 0 Å². The van der Waals surface area contributed by atoms with Gasteiger partial charge in [-0.25, -0.2) is 0 Å². The molecule has 4 N–H and O–H groups in total. The zero-order chi connectivity index (χ0) is 28.2. The number of amides is 1. The van der Waals surface area contributed by atoms with Gasteiger partial charge in [0.25, 0.3) is 0 Å². The number of methoxy groups -OCH3 is 1. The van der Waals surface area contributed by atoms with Gasteiger partial charge in [0.15, 0.2) is 0 Å². The summed E-state index contributed by atoms with van der Waals surface area (Å²) in [5.41, 5.74) is 6.68. The van der Waals surface area contributed by atoms with E-state index in [1.165, 1.54) is 73.9 Å². The van der Waals surface area contributed by atoms with E-state index in [-0.39, 0.29) is 12.0 Å². The van der Waals surface area contributed by atoms with E-state index in [4.69, 9.17) is 9.53 Å². The first-order valence-corrected chi connectivity index (χ1v) is 14.7. The maximum absolute atomic E-state index is 9.63. The quantitative estimate of drug-likeness (QED) is 0.196. The number of hydrogen-bond acceptors (Lipinski definition) is 4. The van der Waals surface area contributed by atoms with Crippen LogP contribution in [-0.4, -0.2) is 65.8 Å². The largest absolute Gasteiger partial charge is 0.508 e. The Morgan fingerprint density at radius 1 is 0.892 bits per heavy atom. The second-order valence-corrected chi connectivity index (χ2v) is 10.3. The number of nitrogens with zero attached hydrogens (tertiary/aromatic N) is 1. The molecule has 0 radical (unpaired) electrons. The van der Waals surface area contributed by atoms with Crippen LogP contribution < -0.4 is 5.73 Å². The normalized spacial score (nSPS) is 14.0. The summed E-state index contributed by atoms with van der Waals surface area (Å²) in [6.45, 7) is 11.1. The Bertz CT molecular complexity index is 796. The summed E-state index contributed by atoms with van der Waals surface area (Å²) in [6, 6.07) is 15.4. The maximum Gasteiger partial charge on any atom is 0.204 e. The fourth-order valence-electron chi connectivity index (χ4n) is 4.40. The molecule has 0 aliphatic carbocycles. The van der Waals surface area contributed by atoms with Crippen molar-refractivity contribution in [3.63, 3.8) is 0 Å². The number of piperidine rings is 1. The van der Waals surface area contributed by atoms with Gasteiger partial charge in [0, 0.05) is 20.0 Å². The Labute approximate surface area is 233 Å². The molecule has 1 amide bonds. The molecule has 2 aromatic carbocycles. The molecule has 1 heterocycles. The van der Waals surface area contributed by atoms with Crippen molar-refractivity contribution in [2.24, 2.45) is 5.73 Å². The molecule has 1 saturated heterocycles. The second-order valence-electron chi connectivity index (χ2n) is 10.3. The van der Waals surface area contributed by atoms with Gasteiger partial charge in [0.05, 0.1) is 31.8 Å². The molecule has 3 rings (SSSR count). The first-order chi connectivity index (χ1) is 17.6. The van der Waals surface area contributed by atoms with Crippen LogP contribution in [0, 0.1) is 0 Å². The summed E-state index contributed by atoms with van der Waals surface area (Å²) < 4.78 is 6.19. The highest BCUT2D eigenvalue weighted by Gasteiger charge is 2.28. The SMILES string of the molecule is CBr.COC(C)(C)C.NC=O.Oc1cccc(CCC[N+]2(CCCc3cccc(O)c3)CCCCC2)c1. The number of hydrogen-bond donors (Lipinski definition) is 3. The highest BCUT2D eigenvalue weighted by atomic mass is 79.9. The number of quaternary nitrogens is 1. The van der Waals surface area contributed by atoms with E-state index in [1.54, 1.807) is 19.2 Å². The third-order valence-corrected chi connectivity index (χ3v) is 6.39. The van der Waals surface area contributed by atoms with Gasteiger partial charge in [-0.05, 0) is 94.1 Å². The molecule has 0 atom stereocenters. The highest BCUT2D eigenvalue weighted by Crippen LogP contribution is 2.23. The molecular weight excluding hydrogens is 532 g/mol. The average molecular weight is 583 g/mol. The molecule has 7 heteroatoms. The zero-order valence-electron chi connectivity index (χ0n) is 23.6. The van der Waals surface area contributed by atoms with Crippen molar-refractivity contribution in [2.75, 3.05) is 39.1 Å². The molecule has 6 nitrogen and oxygen atoms in total. The molecule has 1 fully saturated rings. The van der Waals surface area contributed by atoms with E-state index in [1.807, 2.05) is 50.9 Å². The van der Waals surface area contributed by atoms with Crippen LogP contribution in [-0.2, 0) is 22.4 Å². The Balaban J connectivity index is 0.00000101. The standard InChI is InChI=1S/C23H31NO2.C5H12O.CH3Br.CH3NO/c25-22-12-4-8-20(18-22)10-6-16-24(14-2-1-3-15-24)17-7-11-21-9-5-13-23(26)19-21;1-5(2,3)6-4;1-2;2-1-3/h4-5,8-9,12-13,18-19H,1-3,6-7,10-11,14-17H2,(H-,25,26);1-4H3;1H3;1H,(H2,2,3)/p+1. The molecule has 210 valence electrons. The summed E-state index contributed by atoms with van der Waals surface area (Å²) in [6.07, 6.45) is 8.75. The Morgan fingerprint density at radius 3 is 1.59 bits per heavy atom. The van der Waals surface area contributed by atoms with Crippen molar-refractivity contribution in [3.8, 4) is 11.5 Å². The molecule has 1 aliphatic rings. The molecule has 0 spiro atoms. The van der Waals surface area contributed by atoms with Crippen LogP contribution in [0.5, 0.6) is 11.5 Å². The third-order valence-electron chi connectivity index (χ3n) is 6.39. The molecule has 0 unspecified atom stereocenters. The molecule has 2 aromatic rings. The van der Waals surface area contributed by atoms with Gasteiger partial charge in [0.1, 0.15) is 11.5 Å². The van der Waals surface area contributed by atoms with E-state index in [0.29, 0.717) is 11.5 Å². The number of primary amides is 1. The van der Waals surface area contributed by atoms with Crippen LogP contribution in [0.15, 0.2) is 48.5 Å². The van der Waals surface area contributed by atoms with Crippen LogP contribution in [0.25, 0.3) is 0 Å². The van der Waals surface area contributed by atoms with E-state index in [0.717, 1.165) is 12.8 Å². The van der Waals surface area contributed by atoms with Crippen LogP contribution in [0.1, 0.15) is 64.0 Å². The van der Waals surface area contributed by atoms with Crippen molar-refractivity contribution in [1.29, 1.82) is 0 Å². The van der Waals surface area contributed by atoms with Crippen LogP contribution in [0.2, 0.25) is 0 Å². The Hall–Kier alpha value is -2.09. The first kappa shape index (κ1) is 34.9. The van der Waals surface area contributed by atoms with Gasteiger partial charge in [-0.2, -0.15) is 0 Å². The fraction of sp³-hybridized carbons (Fsp3) is 0.567. The van der Waals surface area contributed by atoms with Crippen LogP contribution in [0.3, 0.4) is 0 Å². The Kier molecular flexibility index (Phi) is 18.8. The number of aryl methyl sites for hydroxylation is 2. The lowest BCUT2D eigenvalue weighted by atomic mass is 10.0. The highest BCUT2D eigenvalue weighted by molar-refractivity contribution is 9.08. The number of ether oxygens (including phenoxy) is 1. The predicted octanol–water partition coefficient (Wildman–Crippen LogP) is 6.21. The summed E-state index contributed by atoms with van der Waals surface area (Å²) in [5.74, 6) is 2.55. The minimum atomic E-state index is 0.0417. The summed E-state index contributed by atoms with van der Waals surface area (Å²) in [5, 5.41) is 19.3. The number of carbonyl (C=O) groups excluding carboxylic acids is 1. The molecule has 37 heavy (non-hydrogen) atoms. The summed E-state index contributed by atoms with van der Waals surface area (Å²) >= 11 is 2.94. The Morgan fingerprint density at radius 2 is 1.27 bits per heavy atom. The molecule has 1 aliphatic heterocycles. The lowest BCUT2D eigenvalue weighted by Crippen LogP contribution is -2.52. The van der Waals surface area contributed by atoms with Crippen molar-refractivity contribution >= 4 is 22.3 Å². The number of aromatic hydroxyl groups is 2. The first-order valence-electron chi connectivity index (χ1n) is 13.1. The lowest BCUT2D eigenvalue weighted by molar-refractivity contribution is -0.932. The number of benzene rings is 2. The minimum absolute atomic E-state index is 0.0417. The lowest BCUT2D eigenvalue weighted by Gasteiger charge is -2.42.